The van der Waals surface area contributed by atoms with E-state index in [9.17, 15) is 0 Å². The van der Waals surface area contributed by atoms with Crippen molar-refractivity contribution < 1.29 is 16.5 Å². The van der Waals surface area contributed by atoms with Crippen molar-refractivity contribution in [2.75, 3.05) is 14.1 Å². The van der Waals surface area contributed by atoms with Crippen LogP contribution in [0.1, 0.15) is 0 Å². The molecule has 0 aliphatic rings. The molecule has 1 aromatic rings. The third kappa shape index (κ3) is 22.4. The molecule has 4 heteroatoms. The van der Waals surface area contributed by atoms with E-state index in [-0.39, 0.29) is 36.3 Å². The van der Waals surface area contributed by atoms with Gasteiger partial charge in [-0.2, -0.15) is 70.3 Å². The van der Waals surface area contributed by atoms with Crippen LogP contribution in [-0.2, 0) is 16.5 Å². The molecule has 0 heterocycles. The summed E-state index contributed by atoms with van der Waals surface area (Å²) in [5.74, 6) is 0. The molecule has 0 radical (unpaired) electrons. The van der Waals surface area contributed by atoms with Gasteiger partial charge < -0.3 is 5.32 Å². The summed E-state index contributed by atoms with van der Waals surface area (Å²) < 4.78 is 0. The fraction of sp³-hybridized carbons (Fsp3) is 0.250. The number of hydrogen-bond acceptors (Lipinski definition) is 0. The molecule has 0 saturated carbocycles. The van der Waals surface area contributed by atoms with Gasteiger partial charge in [0.1, 0.15) is 0 Å². The summed E-state index contributed by atoms with van der Waals surface area (Å²) in [7, 11) is 3.50. The Balaban J connectivity index is -0.0000000489. The van der Waals surface area contributed by atoms with E-state index < -0.39 is 0 Å². The van der Waals surface area contributed by atoms with Crippen LogP contribution in [0.3, 0.4) is 0 Å². The summed E-state index contributed by atoms with van der Waals surface area (Å²) in [6, 6.07) is 12.5. The molecule has 74 valence electrons. The van der Waals surface area contributed by atoms with Crippen LogP contribution in [0.2, 0.25) is 0 Å². The molecule has 0 saturated heterocycles. The van der Waals surface area contributed by atoms with Crippen LogP contribution in [0.25, 0.3) is 5.32 Å². The third-order valence-corrected chi connectivity index (χ3v) is 0.607. The first kappa shape index (κ1) is 22.9. The molecule has 1 aromatic carbocycles. The summed E-state index contributed by atoms with van der Waals surface area (Å²) in [6.45, 7) is 0. The zero-order chi connectivity index (χ0) is 6.95. The second kappa shape index (κ2) is 22.5. The fourth-order valence-electron chi connectivity index (χ4n) is 0.342. The predicted octanol–water partition coefficient (Wildman–Crippen LogP) is 2.22. The topological polar surface area (TPSA) is 14.1 Å². The number of rotatable bonds is 0. The Hall–Kier alpha value is 0.534. The first-order valence-electron chi connectivity index (χ1n) is 2.81. The first-order valence-corrected chi connectivity index (χ1v) is 2.81. The van der Waals surface area contributed by atoms with Crippen molar-refractivity contribution in [2.24, 2.45) is 0 Å². The van der Waals surface area contributed by atoms with Gasteiger partial charge in [0.05, 0.1) is 0 Å². The van der Waals surface area contributed by atoms with Crippen LogP contribution >= 0.6 is 19.8 Å². The van der Waals surface area contributed by atoms with Crippen molar-refractivity contribution in [3.8, 4) is 0 Å². The van der Waals surface area contributed by atoms with Gasteiger partial charge in [0.15, 0.2) is 0 Å². The van der Waals surface area contributed by atoms with E-state index in [0.29, 0.717) is 0 Å². The third-order valence-electron chi connectivity index (χ3n) is 0.607. The Morgan fingerprint density at radius 1 is 0.917 bits per heavy atom. The summed E-state index contributed by atoms with van der Waals surface area (Å²) in [5.41, 5.74) is 0. The molecule has 2 atom stereocenters. The van der Waals surface area contributed by atoms with Crippen molar-refractivity contribution in [1.29, 1.82) is 0 Å². The first-order chi connectivity index (χ1) is 4.41. The fourth-order valence-corrected chi connectivity index (χ4v) is 0.342. The number of hydrogen-bond donors (Lipinski definition) is 0. The smallest absolute Gasteiger partial charge is 0.668 e. The van der Waals surface area contributed by atoms with E-state index in [2.05, 4.69) is 11.4 Å². The van der Waals surface area contributed by atoms with Gasteiger partial charge in [0.2, 0.25) is 0 Å². The SMILES string of the molecule is C[N-]C.P.P.[Ni+2].[c-]1ccccc1. The van der Waals surface area contributed by atoms with Crippen LogP contribution in [0, 0.1) is 6.07 Å². The Kier molecular flexibility index (Phi) is 43.0. The summed E-state index contributed by atoms with van der Waals surface area (Å²) in [4.78, 5) is 0. The average molecular weight is 248 g/mol. The maximum atomic E-state index is 3.50. The molecule has 0 fully saturated rings. The van der Waals surface area contributed by atoms with Gasteiger partial charge in [0.25, 0.3) is 0 Å². The van der Waals surface area contributed by atoms with Crippen LogP contribution in [0.5, 0.6) is 0 Å². The molecule has 0 aliphatic heterocycles. The van der Waals surface area contributed by atoms with Crippen LogP contribution in [0.15, 0.2) is 30.3 Å². The maximum Gasteiger partial charge on any atom is 2.00 e. The molecule has 1 rings (SSSR count). The van der Waals surface area contributed by atoms with E-state index in [1.807, 2.05) is 30.3 Å². The standard InChI is InChI=1S/C6H5.C2H6N.Ni.2H3P/c1-2-4-6-5-3-1;1-3-2;;;/h1-5H;1-2H3;;2*1H3/q2*-1;+2;;. The normalized spacial score (nSPS) is 5.50. The van der Waals surface area contributed by atoms with Crippen molar-refractivity contribution in [3.05, 3.63) is 41.7 Å². The molecule has 0 N–H and O–H groups in total. The Morgan fingerprint density at radius 2 is 1.25 bits per heavy atom. The van der Waals surface area contributed by atoms with Gasteiger partial charge in [-0.3, -0.25) is 0 Å². The summed E-state index contributed by atoms with van der Waals surface area (Å²) in [5, 5.41) is 3.50. The largest absolute Gasteiger partial charge is 2.00 e. The molecule has 0 spiro atoms. The van der Waals surface area contributed by atoms with Gasteiger partial charge in [0, 0.05) is 0 Å². The molecule has 12 heavy (non-hydrogen) atoms. The monoisotopic (exact) mass is 247 g/mol. The minimum absolute atomic E-state index is 0. The molecule has 1 nitrogen and oxygen atoms in total. The van der Waals surface area contributed by atoms with E-state index in [1.54, 1.807) is 14.1 Å². The maximum absolute atomic E-state index is 3.50. The van der Waals surface area contributed by atoms with E-state index in [1.165, 1.54) is 0 Å². The molecular formula is C8H17NNiP2. The van der Waals surface area contributed by atoms with Gasteiger partial charge in [-0.25, -0.2) is 0 Å². The zero-order valence-electron chi connectivity index (χ0n) is 7.56. The van der Waals surface area contributed by atoms with Crippen LogP contribution in [0.4, 0.5) is 0 Å². The molecule has 0 aliphatic carbocycles. The van der Waals surface area contributed by atoms with Crippen molar-refractivity contribution in [2.45, 2.75) is 0 Å². The van der Waals surface area contributed by atoms with Crippen molar-refractivity contribution in [1.82, 2.24) is 0 Å². The van der Waals surface area contributed by atoms with E-state index in [4.69, 9.17) is 0 Å². The minimum Gasteiger partial charge on any atom is -0.668 e. The number of benzene rings is 1. The van der Waals surface area contributed by atoms with Gasteiger partial charge in [-0.15, -0.1) is 0 Å². The Morgan fingerprint density at radius 3 is 1.33 bits per heavy atom. The average Bonchev–Trinajstić information content (AvgIpc) is 1.93. The molecular weight excluding hydrogens is 231 g/mol. The molecule has 0 bridgehead atoms. The molecule has 2 unspecified atom stereocenters. The van der Waals surface area contributed by atoms with Gasteiger partial charge >= 0.3 is 16.5 Å². The number of nitrogens with zero attached hydrogens (tertiary/aromatic N) is 1. The van der Waals surface area contributed by atoms with E-state index in [0.717, 1.165) is 0 Å². The van der Waals surface area contributed by atoms with E-state index >= 15 is 0 Å². The Bertz CT molecular complexity index is 99.9. The van der Waals surface area contributed by atoms with Gasteiger partial charge in [-0.05, 0) is 0 Å². The quantitative estimate of drug-likeness (QED) is 0.379. The predicted molar refractivity (Wildman–Crippen MR) is 62.7 cm³/mol. The molecule has 0 aromatic heterocycles. The second-order valence-electron chi connectivity index (χ2n) is 1.52. The zero-order valence-corrected chi connectivity index (χ0v) is 11.4. The van der Waals surface area contributed by atoms with Crippen molar-refractivity contribution in [3.63, 3.8) is 0 Å². The molecule has 0 amide bonds. The summed E-state index contributed by atoms with van der Waals surface area (Å²) in [6.07, 6.45) is 0. The minimum atomic E-state index is 0. The van der Waals surface area contributed by atoms with Crippen LogP contribution in [-0.4, -0.2) is 14.1 Å². The van der Waals surface area contributed by atoms with Crippen molar-refractivity contribution >= 4 is 19.8 Å². The van der Waals surface area contributed by atoms with Gasteiger partial charge in [-0.1, -0.05) is 0 Å². The van der Waals surface area contributed by atoms with Crippen LogP contribution < -0.4 is 0 Å². The summed E-state index contributed by atoms with van der Waals surface area (Å²) >= 11 is 0. The second-order valence-corrected chi connectivity index (χ2v) is 1.52. The Labute approximate surface area is 92.3 Å².